The Balaban J connectivity index is 2.92. The molecule has 0 aliphatic heterocycles. The summed E-state index contributed by atoms with van der Waals surface area (Å²) in [7, 11) is 0. The smallest absolute Gasteiger partial charge is 0.153 e. The van der Waals surface area contributed by atoms with Crippen molar-refractivity contribution in [3.63, 3.8) is 0 Å². The van der Waals surface area contributed by atoms with E-state index in [1.807, 2.05) is 5.38 Å². The highest BCUT2D eigenvalue weighted by Crippen LogP contribution is 2.27. The van der Waals surface area contributed by atoms with E-state index < -0.39 is 6.10 Å². The van der Waals surface area contributed by atoms with E-state index in [0.29, 0.717) is 11.2 Å². The summed E-state index contributed by atoms with van der Waals surface area (Å²) in [5.41, 5.74) is 0. The molecule has 0 fully saturated rings. The van der Waals surface area contributed by atoms with Gasteiger partial charge >= 0.3 is 0 Å². The van der Waals surface area contributed by atoms with Crippen LogP contribution in [0.15, 0.2) is 15.9 Å². The fourth-order valence-electron chi connectivity index (χ4n) is 0.578. The highest BCUT2D eigenvalue weighted by molar-refractivity contribution is 9.10. The zero-order valence-corrected chi connectivity index (χ0v) is 7.35. The average Bonchev–Trinajstić information content (AvgIpc) is 2.34. The number of halogens is 1. The first-order chi connectivity index (χ1) is 4.75. The number of hydrogen-bond acceptors (Lipinski definition) is 3. The molecule has 1 atom stereocenters. The lowest BCUT2D eigenvalue weighted by atomic mass is 10.3. The van der Waals surface area contributed by atoms with E-state index in [-0.39, 0.29) is 0 Å². The van der Waals surface area contributed by atoms with Crippen LogP contribution in [0.3, 0.4) is 0 Å². The molecular weight excluding hydrogens is 216 g/mol. The molecule has 1 aromatic rings. The Morgan fingerprint density at radius 2 is 2.50 bits per heavy atom. The summed E-state index contributed by atoms with van der Waals surface area (Å²) >= 11 is 4.55. The summed E-state index contributed by atoms with van der Waals surface area (Å²) in [6.45, 7) is 0. The highest BCUT2D eigenvalue weighted by Gasteiger charge is 2.10. The van der Waals surface area contributed by atoms with E-state index in [4.69, 9.17) is 5.11 Å². The van der Waals surface area contributed by atoms with Crippen molar-refractivity contribution in [3.8, 4) is 0 Å². The lowest BCUT2D eigenvalue weighted by molar-refractivity contribution is -0.114. The van der Waals surface area contributed by atoms with Gasteiger partial charge in [-0.2, -0.15) is 0 Å². The van der Waals surface area contributed by atoms with Gasteiger partial charge in [0.05, 0.1) is 4.88 Å². The number of aliphatic hydroxyl groups excluding tert-OH is 1. The first-order valence-corrected chi connectivity index (χ1v) is 4.29. The lowest BCUT2D eigenvalue weighted by Gasteiger charge is -1.97. The molecule has 1 unspecified atom stereocenters. The molecule has 10 heavy (non-hydrogen) atoms. The Hall–Kier alpha value is -0.190. The molecule has 0 radical (unpaired) electrons. The van der Waals surface area contributed by atoms with Crippen LogP contribution in [0, 0.1) is 0 Å². The van der Waals surface area contributed by atoms with Crippen molar-refractivity contribution in [2.45, 2.75) is 6.10 Å². The Morgan fingerprint density at radius 1 is 1.80 bits per heavy atom. The summed E-state index contributed by atoms with van der Waals surface area (Å²) in [5, 5.41) is 10.8. The minimum atomic E-state index is -0.977. The van der Waals surface area contributed by atoms with E-state index >= 15 is 0 Å². The number of rotatable bonds is 2. The van der Waals surface area contributed by atoms with Gasteiger partial charge in [0.2, 0.25) is 0 Å². The Kier molecular flexibility index (Phi) is 2.59. The van der Waals surface area contributed by atoms with Gasteiger partial charge in [-0.15, -0.1) is 11.3 Å². The molecule has 0 aliphatic carbocycles. The molecule has 0 aliphatic rings. The maximum absolute atomic E-state index is 10.1. The number of aldehydes is 1. The van der Waals surface area contributed by atoms with Crippen molar-refractivity contribution in [2.75, 3.05) is 0 Å². The van der Waals surface area contributed by atoms with Gasteiger partial charge in [0.25, 0.3) is 0 Å². The molecule has 0 aromatic carbocycles. The number of carbonyl (C=O) groups excluding carboxylic acids is 1. The molecule has 2 nitrogen and oxygen atoms in total. The van der Waals surface area contributed by atoms with Crippen LogP contribution in [0.1, 0.15) is 11.0 Å². The molecule has 1 rings (SSSR count). The molecule has 0 amide bonds. The number of carbonyl (C=O) groups is 1. The molecule has 54 valence electrons. The topological polar surface area (TPSA) is 37.3 Å². The van der Waals surface area contributed by atoms with Crippen LogP contribution in [0.25, 0.3) is 0 Å². The Morgan fingerprint density at radius 3 is 2.90 bits per heavy atom. The first kappa shape index (κ1) is 7.91. The van der Waals surface area contributed by atoms with Crippen molar-refractivity contribution >= 4 is 33.6 Å². The van der Waals surface area contributed by atoms with E-state index in [0.717, 1.165) is 4.47 Å². The molecule has 0 spiro atoms. The van der Waals surface area contributed by atoms with Gasteiger partial charge in [0.1, 0.15) is 6.10 Å². The number of hydrogen-bond donors (Lipinski definition) is 1. The average molecular weight is 221 g/mol. The van der Waals surface area contributed by atoms with Gasteiger partial charge in [0, 0.05) is 4.47 Å². The second-order valence-corrected chi connectivity index (χ2v) is 3.52. The second kappa shape index (κ2) is 3.27. The molecule has 1 N–H and O–H groups in total. The molecule has 0 bridgehead atoms. The van der Waals surface area contributed by atoms with Crippen LogP contribution in [0.5, 0.6) is 0 Å². The van der Waals surface area contributed by atoms with Crippen LogP contribution in [0.2, 0.25) is 0 Å². The largest absolute Gasteiger partial charge is 0.380 e. The summed E-state index contributed by atoms with van der Waals surface area (Å²) in [6, 6.07) is 1.80. The zero-order valence-electron chi connectivity index (χ0n) is 4.95. The summed E-state index contributed by atoms with van der Waals surface area (Å²) in [6.07, 6.45) is -0.467. The predicted molar refractivity (Wildman–Crippen MR) is 43.0 cm³/mol. The minimum Gasteiger partial charge on any atom is -0.380 e. The second-order valence-electron chi connectivity index (χ2n) is 1.71. The minimum absolute atomic E-state index is 0.511. The maximum Gasteiger partial charge on any atom is 0.153 e. The van der Waals surface area contributed by atoms with Crippen LogP contribution < -0.4 is 0 Å². The standard InChI is InChI=1S/C6H5BrO2S/c7-4-1-2-10-6(4)5(9)3-8/h1-3,5,9H. The molecule has 0 saturated carbocycles. The van der Waals surface area contributed by atoms with Crippen LogP contribution >= 0.6 is 27.3 Å². The fraction of sp³-hybridized carbons (Fsp3) is 0.167. The molecular formula is C6H5BrO2S. The SMILES string of the molecule is O=CC(O)c1sccc1Br. The van der Waals surface area contributed by atoms with Gasteiger partial charge in [-0.3, -0.25) is 0 Å². The summed E-state index contributed by atoms with van der Waals surface area (Å²) in [4.78, 5) is 10.8. The van der Waals surface area contributed by atoms with Crippen molar-refractivity contribution < 1.29 is 9.90 Å². The third kappa shape index (κ3) is 1.45. The normalized spacial score (nSPS) is 13.0. The van der Waals surface area contributed by atoms with E-state index in [1.165, 1.54) is 11.3 Å². The Labute approximate surface area is 70.6 Å². The fourth-order valence-corrected chi connectivity index (χ4v) is 2.13. The third-order valence-corrected chi connectivity index (χ3v) is 2.98. The van der Waals surface area contributed by atoms with Gasteiger partial charge < -0.3 is 9.90 Å². The van der Waals surface area contributed by atoms with Gasteiger partial charge in [-0.1, -0.05) is 0 Å². The van der Waals surface area contributed by atoms with Crippen LogP contribution in [-0.2, 0) is 4.79 Å². The third-order valence-electron chi connectivity index (χ3n) is 1.04. The van der Waals surface area contributed by atoms with Crippen molar-refractivity contribution in [3.05, 3.63) is 20.8 Å². The summed E-state index contributed by atoms with van der Waals surface area (Å²) in [5.74, 6) is 0. The van der Waals surface area contributed by atoms with Crippen LogP contribution in [-0.4, -0.2) is 11.4 Å². The molecule has 1 aromatic heterocycles. The van der Waals surface area contributed by atoms with Gasteiger partial charge in [-0.05, 0) is 27.4 Å². The van der Waals surface area contributed by atoms with Gasteiger partial charge in [0.15, 0.2) is 6.29 Å². The van der Waals surface area contributed by atoms with Crippen LogP contribution in [0.4, 0.5) is 0 Å². The van der Waals surface area contributed by atoms with E-state index in [9.17, 15) is 4.79 Å². The predicted octanol–water partition coefficient (Wildman–Crippen LogP) is 1.74. The van der Waals surface area contributed by atoms with Crippen molar-refractivity contribution in [2.24, 2.45) is 0 Å². The van der Waals surface area contributed by atoms with Crippen molar-refractivity contribution in [1.29, 1.82) is 0 Å². The molecule has 4 heteroatoms. The lowest BCUT2D eigenvalue weighted by Crippen LogP contribution is -1.94. The first-order valence-electron chi connectivity index (χ1n) is 2.62. The number of aliphatic hydroxyl groups is 1. The molecule has 1 heterocycles. The zero-order chi connectivity index (χ0) is 7.56. The number of thiophene rings is 1. The molecule has 0 saturated heterocycles. The summed E-state index contributed by atoms with van der Waals surface area (Å²) < 4.78 is 0.789. The van der Waals surface area contributed by atoms with Gasteiger partial charge in [-0.25, -0.2) is 0 Å². The van der Waals surface area contributed by atoms with E-state index in [1.54, 1.807) is 6.07 Å². The quantitative estimate of drug-likeness (QED) is 0.772. The Bertz CT molecular complexity index is 233. The maximum atomic E-state index is 10.1. The monoisotopic (exact) mass is 220 g/mol. The van der Waals surface area contributed by atoms with Crippen molar-refractivity contribution in [1.82, 2.24) is 0 Å². The highest BCUT2D eigenvalue weighted by atomic mass is 79.9. The van der Waals surface area contributed by atoms with E-state index in [2.05, 4.69) is 15.9 Å².